The molecule has 0 amide bonds. The maximum Gasteiger partial charge on any atom is 0.311 e. The molecule has 2 rings (SSSR count). The van der Waals surface area contributed by atoms with Crippen LogP contribution in [-0.4, -0.2) is 22.5 Å². The Kier molecular flexibility index (Phi) is 14.8. The van der Waals surface area contributed by atoms with Gasteiger partial charge in [-0.05, 0) is 43.0 Å². The fourth-order valence-electron chi connectivity index (χ4n) is 3.98. The summed E-state index contributed by atoms with van der Waals surface area (Å²) in [6.07, 6.45) is 19.8. The Morgan fingerprint density at radius 1 is 0.800 bits per heavy atom. The maximum absolute atomic E-state index is 12.0. The second-order valence-corrected chi connectivity index (χ2v) is 9.68. The number of carbonyl (C=O) groups is 1. The molecule has 5 nitrogen and oxygen atoms in total. The van der Waals surface area contributed by atoms with Crippen LogP contribution in [0.15, 0.2) is 36.7 Å². The number of hydrogen-bond acceptors (Lipinski definition) is 5. The van der Waals surface area contributed by atoms with Crippen LogP contribution in [0, 0.1) is 5.92 Å². The van der Waals surface area contributed by atoms with E-state index in [1.165, 1.54) is 57.8 Å². The maximum atomic E-state index is 12.0. The van der Waals surface area contributed by atoms with Crippen molar-refractivity contribution < 1.29 is 14.3 Å². The van der Waals surface area contributed by atoms with E-state index in [0.717, 1.165) is 43.6 Å². The van der Waals surface area contributed by atoms with Crippen LogP contribution in [0.2, 0.25) is 0 Å². The fourth-order valence-corrected chi connectivity index (χ4v) is 3.98. The quantitative estimate of drug-likeness (QED) is 0.148. The molecule has 0 aliphatic carbocycles. The van der Waals surface area contributed by atoms with Gasteiger partial charge in [0.1, 0.15) is 5.75 Å². The van der Waals surface area contributed by atoms with Gasteiger partial charge < -0.3 is 9.47 Å². The number of nitrogens with zero attached hydrogens (tertiary/aromatic N) is 2. The molecule has 0 bridgehead atoms. The second kappa shape index (κ2) is 17.9. The molecule has 1 unspecified atom stereocenters. The summed E-state index contributed by atoms with van der Waals surface area (Å²) in [5.41, 5.74) is 0.905. The first-order chi connectivity index (χ1) is 17.1. The van der Waals surface area contributed by atoms with Gasteiger partial charge in [0, 0.05) is 12.0 Å². The Morgan fingerprint density at radius 3 is 2.00 bits per heavy atom. The van der Waals surface area contributed by atoms with Crippen LogP contribution in [0.1, 0.15) is 111 Å². The molecule has 0 fully saturated rings. The monoisotopic (exact) mass is 482 g/mol. The van der Waals surface area contributed by atoms with Crippen molar-refractivity contribution in [3.8, 4) is 22.9 Å². The van der Waals surface area contributed by atoms with E-state index in [-0.39, 0.29) is 5.97 Å². The standard InChI is InChI=1S/C30H46N2O3/c1-4-6-7-8-9-10-11-12-13-14-22-34-27-20-18-26(19-21-27)30-31-23-28(24-32-30)35-29(33)17-15-16-25(3)5-2/h18-21,23-25H,4-17,22H2,1-3H3. The molecule has 0 saturated heterocycles. The summed E-state index contributed by atoms with van der Waals surface area (Å²) < 4.78 is 11.2. The van der Waals surface area contributed by atoms with Gasteiger partial charge in [0.25, 0.3) is 0 Å². The number of rotatable bonds is 19. The largest absolute Gasteiger partial charge is 0.494 e. The average molecular weight is 483 g/mol. The van der Waals surface area contributed by atoms with Crippen LogP contribution in [0.5, 0.6) is 11.5 Å². The lowest BCUT2D eigenvalue weighted by molar-refractivity contribution is -0.134. The van der Waals surface area contributed by atoms with Crippen LogP contribution in [0.25, 0.3) is 11.4 Å². The van der Waals surface area contributed by atoms with Gasteiger partial charge in [0.15, 0.2) is 11.6 Å². The Morgan fingerprint density at radius 2 is 1.40 bits per heavy atom. The fraction of sp³-hybridized carbons (Fsp3) is 0.633. The SMILES string of the molecule is CCCCCCCCCCCCOc1ccc(-c2ncc(OC(=O)CCCC(C)CC)cn2)cc1. The first-order valence-electron chi connectivity index (χ1n) is 13.9. The van der Waals surface area contributed by atoms with Crippen molar-refractivity contribution in [2.24, 2.45) is 5.92 Å². The second-order valence-electron chi connectivity index (χ2n) is 9.68. The minimum Gasteiger partial charge on any atom is -0.494 e. The lowest BCUT2D eigenvalue weighted by Crippen LogP contribution is -2.09. The van der Waals surface area contributed by atoms with E-state index in [1.807, 2.05) is 24.3 Å². The highest BCUT2D eigenvalue weighted by molar-refractivity contribution is 5.72. The summed E-state index contributed by atoms with van der Waals surface area (Å²) in [6, 6.07) is 7.84. The van der Waals surface area contributed by atoms with E-state index in [4.69, 9.17) is 9.47 Å². The van der Waals surface area contributed by atoms with Crippen LogP contribution >= 0.6 is 0 Å². The lowest BCUT2D eigenvalue weighted by Gasteiger charge is -2.08. The number of unbranched alkanes of at least 4 members (excludes halogenated alkanes) is 9. The molecule has 0 N–H and O–H groups in total. The molecule has 5 heteroatoms. The number of aromatic nitrogens is 2. The zero-order valence-corrected chi connectivity index (χ0v) is 22.3. The molecule has 0 aliphatic heterocycles. The van der Waals surface area contributed by atoms with E-state index in [2.05, 4.69) is 30.7 Å². The van der Waals surface area contributed by atoms with Gasteiger partial charge in [-0.3, -0.25) is 4.79 Å². The highest BCUT2D eigenvalue weighted by Crippen LogP contribution is 2.21. The van der Waals surface area contributed by atoms with E-state index < -0.39 is 0 Å². The van der Waals surface area contributed by atoms with Gasteiger partial charge in [0.2, 0.25) is 0 Å². The van der Waals surface area contributed by atoms with Crippen molar-refractivity contribution in [1.82, 2.24) is 9.97 Å². The van der Waals surface area contributed by atoms with Gasteiger partial charge in [0.05, 0.1) is 19.0 Å². The van der Waals surface area contributed by atoms with Crippen molar-refractivity contribution in [3.63, 3.8) is 0 Å². The smallest absolute Gasteiger partial charge is 0.311 e. The molecular formula is C30H46N2O3. The lowest BCUT2D eigenvalue weighted by atomic mass is 10.0. The number of hydrogen-bond donors (Lipinski definition) is 0. The zero-order chi connectivity index (χ0) is 25.1. The van der Waals surface area contributed by atoms with Gasteiger partial charge in [-0.15, -0.1) is 0 Å². The van der Waals surface area contributed by atoms with Crippen molar-refractivity contribution in [2.45, 2.75) is 111 Å². The molecule has 1 heterocycles. The molecule has 0 saturated carbocycles. The molecule has 1 aromatic heterocycles. The molecular weight excluding hydrogens is 436 g/mol. The topological polar surface area (TPSA) is 61.3 Å². The summed E-state index contributed by atoms with van der Waals surface area (Å²) in [7, 11) is 0. The highest BCUT2D eigenvalue weighted by Gasteiger charge is 2.08. The highest BCUT2D eigenvalue weighted by atomic mass is 16.5. The van der Waals surface area contributed by atoms with E-state index in [9.17, 15) is 4.79 Å². The first kappa shape index (κ1) is 28.8. The van der Waals surface area contributed by atoms with Crippen LogP contribution < -0.4 is 9.47 Å². The summed E-state index contributed by atoms with van der Waals surface area (Å²) in [6.45, 7) is 7.39. The molecule has 0 aliphatic rings. The third-order valence-corrected chi connectivity index (χ3v) is 6.51. The summed E-state index contributed by atoms with van der Waals surface area (Å²) in [5, 5.41) is 0. The molecule has 1 aromatic carbocycles. The molecule has 0 spiro atoms. The van der Waals surface area contributed by atoms with Gasteiger partial charge in [-0.1, -0.05) is 91.4 Å². The molecule has 1 atom stereocenters. The van der Waals surface area contributed by atoms with E-state index >= 15 is 0 Å². The predicted molar refractivity (Wildman–Crippen MR) is 144 cm³/mol. The van der Waals surface area contributed by atoms with Gasteiger partial charge in [-0.2, -0.15) is 0 Å². The molecule has 2 aromatic rings. The van der Waals surface area contributed by atoms with E-state index in [1.54, 1.807) is 12.4 Å². The minimum atomic E-state index is -0.228. The number of esters is 1. The van der Waals surface area contributed by atoms with Crippen molar-refractivity contribution in [3.05, 3.63) is 36.7 Å². The van der Waals surface area contributed by atoms with Crippen LogP contribution in [0.3, 0.4) is 0 Å². The normalized spacial score (nSPS) is 11.9. The van der Waals surface area contributed by atoms with E-state index in [0.29, 0.717) is 23.9 Å². The Hall–Kier alpha value is -2.43. The first-order valence-corrected chi connectivity index (χ1v) is 13.9. The zero-order valence-electron chi connectivity index (χ0n) is 22.3. The van der Waals surface area contributed by atoms with Crippen molar-refractivity contribution >= 4 is 5.97 Å². The molecule has 35 heavy (non-hydrogen) atoms. The minimum absolute atomic E-state index is 0.228. The molecule has 0 radical (unpaired) electrons. The predicted octanol–water partition coefficient (Wildman–Crippen LogP) is 8.57. The number of ether oxygens (including phenoxy) is 2. The van der Waals surface area contributed by atoms with Crippen LogP contribution in [0.4, 0.5) is 0 Å². The summed E-state index contributed by atoms with van der Waals surface area (Å²) in [4.78, 5) is 20.7. The summed E-state index contributed by atoms with van der Waals surface area (Å²) >= 11 is 0. The number of carbonyl (C=O) groups excluding carboxylic acids is 1. The Bertz CT molecular complexity index is 805. The molecule has 194 valence electrons. The Labute approximate surface area is 213 Å². The Balaban J connectivity index is 1.62. The van der Waals surface area contributed by atoms with Gasteiger partial charge >= 0.3 is 5.97 Å². The third kappa shape index (κ3) is 12.7. The van der Waals surface area contributed by atoms with Crippen molar-refractivity contribution in [1.29, 1.82) is 0 Å². The average Bonchev–Trinajstić information content (AvgIpc) is 2.88. The third-order valence-electron chi connectivity index (χ3n) is 6.51. The van der Waals surface area contributed by atoms with Crippen molar-refractivity contribution in [2.75, 3.05) is 6.61 Å². The van der Waals surface area contributed by atoms with Crippen LogP contribution in [-0.2, 0) is 4.79 Å². The summed E-state index contributed by atoms with van der Waals surface area (Å²) in [5.74, 6) is 2.27. The van der Waals surface area contributed by atoms with Gasteiger partial charge in [-0.25, -0.2) is 9.97 Å². The number of benzene rings is 1.